The Morgan fingerprint density at radius 3 is 2.37 bits per heavy atom. The molecule has 4 atom stereocenters. The SMILES string of the molecule is Cc1cccc(NC(=O)COC(=O)[C@H]2[C@@H]3CC[C@H](C3)[C@@H]2C(=O)c2ccccc2)c1C. The number of rotatable bonds is 6. The zero-order chi connectivity index (χ0) is 21.3. The molecule has 0 saturated heterocycles. The third kappa shape index (κ3) is 3.89. The molecule has 1 N–H and O–H groups in total. The molecule has 2 aliphatic carbocycles. The van der Waals surface area contributed by atoms with E-state index in [-0.39, 0.29) is 36.1 Å². The summed E-state index contributed by atoms with van der Waals surface area (Å²) in [6.45, 7) is 3.57. The molecular formula is C25H27NO4. The van der Waals surface area contributed by atoms with Crippen LogP contribution in [0, 0.1) is 37.5 Å². The second-order valence-corrected chi connectivity index (χ2v) is 8.52. The third-order valence-corrected chi connectivity index (χ3v) is 6.77. The highest BCUT2D eigenvalue weighted by atomic mass is 16.5. The number of esters is 1. The maximum Gasteiger partial charge on any atom is 0.310 e. The summed E-state index contributed by atoms with van der Waals surface area (Å²) in [4.78, 5) is 38.4. The van der Waals surface area contributed by atoms with Gasteiger partial charge in [-0.15, -0.1) is 0 Å². The van der Waals surface area contributed by atoms with Gasteiger partial charge in [0.1, 0.15) is 0 Å². The maximum absolute atomic E-state index is 13.1. The second-order valence-electron chi connectivity index (χ2n) is 8.52. The number of hydrogen-bond acceptors (Lipinski definition) is 4. The van der Waals surface area contributed by atoms with Gasteiger partial charge in [-0.1, -0.05) is 42.5 Å². The normalized spacial score (nSPS) is 24.5. The highest BCUT2D eigenvalue weighted by molar-refractivity contribution is 6.01. The molecule has 2 bridgehead atoms. The number of benzene rings is 2. The minimum Gasteiger partial charge on any atom is -0.455 e. The van der Waals surface area contributed by atoms with Crippen molar-refractivity contribution in [2.75, 3.05) is 11.9 Å². The summed E-state index contributed by atoms with van der Waals surface area (Å²) in [6, 6.07) is 14.8. The average molecular weight is 405 g/mol. The lowest BCUT2D eigenvalue weighted by Gasteiger charge is -2.28. The van der Waals surface area contributed by atoms with E-state index in [0.29, 0.717) is 11.3 Å². The molecule has 0 radical (unpaired) electrons. The van der Waals surface area contributed by atoms with Crippen molar-refractivity contribution in [2.45, 2.75) is 33.1 Å². The van der Waals surface area contributed by atoms with Crippen molar-refractivity contribution >= 4 is 23.3 Å². The van der Waals surface area contributed by atoms with Gasteiger partial charge in [0.15, 0.2) is 12.4 Å². The number of anilines is 1. The van der Waals surface area contributed by atoms with Crippen LogP contribution >= 0.6 is 0 Å². The zero-order valence-corrected chi connectivity index (χ0v) is 17.4. The van der Waals surface area contributed by atoms with Crippen LogP contribution < -0.4 is 5.32 Å². The minimum atomic E-state index is -0.454. The summed E-state index contributed by atoms with van der Waals surface area (Å²) < 4.78 is 5.40. The number of hydrogen-bond donors (Lipinski definition) is 1. The molecule has 0 aliphatic heterocycles. The van der Waals surface area contributed by atoms with Gasteiger partial charge in [-0.3, -0.25) is 14.4 Å². The molecule has 5 nitrogen and oxygen atoms in total. The van der Waals surface area contributed by atoms with Crippen molar-refractivity contribution in [3.8, 4) is 0 Å². The summed E-state index contributed by atoms with van der Waals surface area (Å²) in [5.41, 5.74) is 3.42. The Kier molecular flexibility index (Phi) is 5.71. The summed E-state index contributed by atoms with van der Waals surface area (Å²) in [6.07, 6.45) is 2.81. The van der Waals surface area contributed by atoms with Crippen molar-refractivity contribution in [3.05, 3.63) is 65.2 Å². The molecule has 0 heterocycles. The van der Waals surface area contributed by atoms with E-state index in [1.807, 2.05) is 50.2 Å². The Hall–Kier alpha value is -2.95. The molecule has 2 aliphatic rings. The van der Waals surface area contributed by atoms with E-state index in [1.54, 1.807) is 12.1 Å². The van der Waals surface area contributed by atoms with Gasteiger partial charge in [-0.05, 0) is 62.1 Å². The number of fused-ring (bicyclic) bond motifs is 2. The first-order chi connectivity index (χ1) is 14.5. The van der Waals surface area contributed by atoms with E-state index in [4.69, 9.17) is 4.74 Å². The number of carbonyl (C=O) groups is 3. The maximum atomic E-state index is 13.1. The van der Waals surface area contributed by atoms with Crippen molar-refractivity contribution in [3.63, 3.8) is 0 Å². The van der Waals surface area contributed by atoms with Crippen LogP contribution in [-0.4, -0.2) is 24.3 Å². The molecule has 5 heteroatoms. The first-order valence-corrected chi connectivity index (χ1v) is 10.6. The van der Waals surface area contributed by atoms with E-state index in [1.165, 1.54) is 0 Å². The van der Waals surface area contributed by atoms with Gasteiger partial charge in [0, 0.05) is 17.2 Å². The Morgan fingerprint density at radius 2 is 1.63 bits per heavy atom. The van der Waals surface area contributed by atoms with Crippen LogP contribution in [-0.2, 0) is 14.3 Å². The summed E-state index contributed by atoms with van der Waals surface area (Å²) in [7, 11) is 0. The molecule has 2 aromatic rings. The van der Waals surface area contributed by atoms with Crippen LogP contribution in [0.5, 0.6) is 0 Å². The van der Waals surface area contributed by atoms with Gasteiger partial charge in [0.2, 0.25) is 0 Å². The fourth-order valence-corrected chi connectivity index (χ4v) is 5.11. The van der Waals surface area contributed by atoms with Crippen molar-refractivity contribution in [2.24, 2.45) is 23.7 Å². The largest absolute Gasteiger partial charge is 0.455 e. The number of carbonyl (C=O) groups excluding carboxylic acids is 3. The summed E-state index contributed by atoms with van der Waals surface area (Å²) >= 11 is 0. The van der Waals surface area contributed by atoms with Gasteiger partial charge < -0.3 is 10.1 Å². The molecular weight excluding hydrogens is 378 g/mol. The summed E-state index contributed by atoms with van der Waals surface area (Å²) in [5.74, 6) is -1.18. The topological polar surface area (TPSA) is 72.5 Å². The van der Waals surface area contributed by atoms with E-state index in [9.17, 15) is 14.4 Å². The predicted octanol–water partition coefficient (Wildman–Crippen LogP) is 4.33. The molecule has 156 valence electrons. The van der Waals surface area contributed by atoms with Gasteiger partial charge >= 0.3 is 5.97 Å². The Bertz CT molecular complexity index is 968. The van der Waals surface area contributed by atoms with E-state index in [2.05, 4.69) is 5.32 Å². The van der Waals surface area contributed by atoms with Crippen LogP contribution in [0.2, 0.25) is 0 Å². The van der Waals surface area contributed by atoms with E-state index in [0.717, 1.165) is 30.4 Å². The van der Waals surface area contributed by atoms with Gasteiger partial charge in [-0.25, -0.2) is 0 Å². The Balaban J connectivity index is 1.41. The van der Waals surface area contributed by atoms with Gasteiger partial charge in [-0.2, -0.15) is 0 Å². The molecule has 2 saturated carbocycles. The van der Waals surface area contributed by atoms with Crippen LogP contribution in [0.15, 0.2) is 48.5 Å². The first kappa shape index (κ1) is 20.3. The fourth-order valence-electron chi connectivity index (χ4n) is 5.11. The predicted molar refractivity (Wildman–Crippen MR) is 114 cm³/mol. The molecule has 30 heavy (non-hydrogen) atoms. The fraction of sp³-hybridized carbons (Fsp3) is 0.400. The highest BCUT2D eigenvalue weighted by Gasteiger charge is 2.54. The second kappa shape index (κ2) is 8.42. The smallest absolute Gasteiger partial charge is 0.310 e. The number of amides is 1. The minimum absolute atomic E-state index is 0.0181. The van der Waals surface area contributed by atoms with Crippen LogP contribution in [0.3, 0.4) is 0 Å². The third-order valence-electron chi connectivity index (χ3n) is 6.77. The highest BCUT2D eigenvalue weighted by Crippen LogP contribution is 2.53. The van der Waals surface area contributed by atoms with Gasteiger partial charge in [0.05, 0.1) is 5.92 Å². The van der Waals surface area contributed by atoms with Gasteiger partial charge in [0.25, 0.3) is 5.91 Å². The van der Waals surface area contributed by atoms with Crippen LogP contribution in [0.25, 0.3) is 0 Å². The van der Waals surface area contributed by atoms with E-state index >= 15 is 0 Å². The standard InChI is InChI=1S/C25H27NO4/c1-15-7-6-10-20(16(15)2)26-21(27)14-30-25(29)23-19-12-11-18(13-19)22(23)24(28)17-8-4-3-5-9-17/h3-10,18-19,22-23H,11-14H2,1-2H3,(H,26,27)/t18-,19-,22+,23+/m1/s1. The van der Waals surface area contributed by atoms with Crippen molar-refractivity contribution < 1.29 is 19.1 Å². The molecule has 0 spiro atoms. The first-order valence-electron chi connectivity index (χ1n) is 10.6. The Morgan fingerprint density at radius 1 is 0.933 bits per heavy atom. The summed E-state index contributed by atoms with van der Waals surface area (Å²) in [5, 5.41) is 2.81. The molecule has 2 fully saturated rings. The number of nitrogens with one attached hydrogen (secondary N) is 1. The molecule has 4 rings (SSSR count). The van der Waals surface area contributed by atoms with E-state index < -0.39 is 11.9 Å². The number of ether oxygens (including phenoxy) is 1. The van der Waals surface area contributed by atoms with Crippen molar-refractivity contribution in [1.29, 1.82) is 0 Å². The average Bonchev–Trinajstić information content (AvgIpc) is 3.37. The van der Waals surface area contributed by atoms with Crippen molar-refractivity contribution in [1.82, 2.24) is 0 Å². The monoisotopic (exact) mass is 405 g/mol. The zero-order valence-electron chi connectivity index (χ0n) is 17.4. The number of Topliss-reactive ketones (excluding diaryl/α,β-unsaturated/α-hetero) is 1. The molecule has 0 unspecified atom stereocenters. The molecule has 0 aromatic heterocycles. The number of ketones is 1. The quantitative estimate of drug-likeness (QED) is 0.573. The number of aryl methyl sites for hydroxylation is 1. The lowest BCUT2D eigenvalue weighted by Crippen LogP contribution is -2.37. The van der Waals surface area contributed by atoms with Crippen LogP contribution in [0.1, 0.15) is 40.7 Å². The van der Waals surface area contributed by atoms with Crippen LogP contribution in [0.4, 0.5) is 5.69 Å². The molecule has 1 amide bonds. The Labute approximate surface area is 176 Å². The molecule has 2 aromatic carbocycles. The lowest BCUT2D eigenvalue weighted by molar-refractivity contribution is -0.154. The lowest BCUT2D eigenvalue weighted by atomic mass is 9.75.